The zero-order valence-corrected chi connectivity index (χ0v) is 76.0. The van der Waals surface area contributed by atoms with E-state index in [2.05, 4.69) is 84.2 Å². The molecule has 0 spiro atoms. The average Bonchev–Trinajstić information content (AvgIpc) is 1.63. The first-order chi connectivity index (χ1) is 64.8. The predicted molar refractivity (Wildman–Crippen MR) is 472 cm³/mol. The third kappa shape index (κ3) is 28.9. The summed E-state index contributed by atoms with van der Waals surface area (Å²) in [7, 11) is 0. The molecule has 768 valence electrons. The van der Waals surface area contributed by atoms with Gasteiger partial charge in [0.25, 0.3) is 0 Å². The zero-order chi connectivity index (χ0) is 101. The molecule has 23 N–H and O–H groups in total. The molecule has 13 rings (SSSR count). The minimum absolute atomic E-state index is 0.00354. The molecule has 7 fully saturated rings. The van der Waals surface area contributed by atoms with Gasteiger partial charge >= 0.3 is 58.1 Å². The van der Waals surface area contributed by atoms with E-state index < -0.39 is 193 Å². The SMILES string of the molecule is C=CCNC[C@H]1O[C@@H](n2ccc(N)nc2=O)C(F)(F)[C@@H]1O.CCC(CC)CNC[C@H]1O[C@@H](n2ccc(N)nc2=O)C(F)(F)[C@@H]1O.CCCCNC[C@H]1O[C@@H](N2C=CC(=O)CC2=O)C(F)(F)[C@@H]1O.CCCCNC[C@H]1O[C@@H](n2ccc(N)nc2=O)C(F)(F)[C@@H]1O.CCCCNC[C@H]1O[C@@H](n2ccc(N)nc2=O)[C@@H](O)[C@@H]1O.Nc1ccn([C@@H]2O[C@H](CNCCCN3CCCC3=O)[C@@H](O)C2(F)F)c(=O)n1. The number of amides is 2. The smallest absolute Gasteiger partial charge is 0.351 e. The highest BCUT2D eigenvalue weighted by atomic mass is 19.3. The van der Waals surface area contributed by atoms with Crippen LogP contribution in [0, 0.1) is 5.92 Å². The van der Waals surface area contributed by atoms with Gasteiger partial charge in [-0.15, -0.1) is 6.58 Å². The summed E-state index contributed by atoms with van der Waals surface area (Å²) in [5.74, 6) is -18.9. The Bertz CT molecular complexity index is 5050. The van der Waals surface area contributed by atoms with Gasteiger partial charge in [-0.05, 0) is 107 Å². The van der Waals surface area contributed by atoms with Crippen LogP contribution in [0.4, 0.5) is 73.0 Å². The number of rotatable bonds is 37. The number of allylic oxidation sites excluding steroid dienone is 1. The first-order valence-electron chi connectivity index (χ1n) is 44.7. The molecule has 0 radical (unpaired) electrons. The van der Waals surface area contributed by atoms with E-state index in [1.165, 1.54) is 36.5 Å². The number of hydrogen-bond donors (Lipinski definition) is 18. The lowest BCUT2D eigenvalue weighted by molar-refractivity contribution is -0.172. The fourth-order valence-corrected chi connectivity index (χ4v) is 15.1. The minimum Gasteiger partial charge on any atom is -0.387 e. The van der Waals surface area contributed by atoms with Gasteiger partial charge in [0.1, 0.15) is 108 Å². The molecule has 137 heavy (non-hydrogen) atoms. The Balaban J connectivity index is 0.000000202. The lowest BCUT2D eigenvalue weighted by Crippen LogP contribution is -2.50. The summed E-state index contributed by atoms with van der Waals surface area (Å²) in [6, 6.07) is 6.30. The van der Waals surface area contributed by atoms with Crippen LogP contribution in [0.15, 0.2) is 110 Å². The number of hydrogen-bond acceptors (Lipinski definition) is 37. The highest BCUT2D eigenvalue weighted by Crippen LogP contribution is 2.47. The third-order valence-electron chi connectivity index (χ3n) is 23.1. The van der Waals surface area contributed by atoms with Gasteiger partial charge in [-0.3, -0.25) is 42.1 Å². The van der Waals surface area contributed by atoms with Crippen LogP contribution in [-0.4, -0.2) is 318 Å². The molecule has 7 saturated heterocycles. The Morgan fingerprint density at radius 1 is 0.423 bits per heavy atom. The van der Waals surface area contributed by atoms with Crippen molar-refractivity contribution in [3.05, 3.63) is 139 Å². The predicted octanol–water partition coefficient (Wildman–Crippen LogP) is -1.08. The molecule has 13 heterocycles. The maximum Gasteiger partial charge on any atom is 0.351 e. The Hall–Kier alpha value is -9.97. The van der Waals surface area contributed by atoms with Crippen LogP contribution in [-0.2, 0) is 42.8 Å². The van der Waals surface area contributed by atoms with Crippen LogP contribution in [0.3, 0.4) is 0 Å². The summed E-state index contributed by atoms with van der Waals surface area (Å²) >= 11 is 0. The van der Waals surface area contributed by atoms with Gasteiger partial charge in [0.15, 0.2) is 12.0 Å². The van der Waals surface area contributed by atoms with Crippen molar-refractivity contribution in [1.29, 1.82) is 0 Å². The fourth-order valence-electron chi connectivity index (χ4n) is 15.1. The van der Waals surface area contributed by atoms with E-state index in [0.29, 0.717) is 87.7 Å². The maximum absolute atomic E-state index is 14.4. The molecule has 0 saturated carbocycles. The number of carbonyl (C=O) groups excluding carboxylic acids is 3. The molecule has 5 aromatic heterocycles. The molecule has 19 atom stereocenters. The van der Waals surface area contributed by atoms with Crippen molar-refractivity contribution in [2.75, 3.05) is 120 Å². The molecule has 2 amide bonds. The van der Waals surface area contributed by atoms with Gasteiger partial charge in [-0.2, -0.15) is 68.8 Å². The van der Waals surface area contributed by atoms with E-state index >= 15 is 0 Å². The highest BCUT2D eigenvalue weighted by Gasteiger charge is 2.65. The van der Waals surface area contributed by atoms with Crippen molar-refractivity contribution in [3.8, 4) is 0 Å². The Kier molecular flexibility index (Phi) is 42.0. The number of anilines is 5. The number of ketones is 1. The molecule has 0 aromatic carbocycles. The van der Waals surface area contributed by atoms with Crippen molar-refractivity contribution in [3.63, 3.8) is 0 Å². The number of unbranched alkanes of at least 4 members (excludes halogenated alkanes) is 3. The number of nitrogen functional groups attached to an aromatic ring is 5. The monoisotopic (exact) mass is 1970 g/mol. The molecule has 0 bridgehead atoms. The van der Waals surface area contributed by atoms with Gasteiger partial charge in [0.2, 0.25) is 43.0 Å². The lowest BCUT2D eigenvalue weighted by Gasteiger charge is -2.30. The standard InChI is InChI=1S/C16H23F2N5O4.C15H24F2N4O3.C14H20F2N2O4.C13H20F2N4O3.C13H22N4O4.C12H16F2N4O3/c17-16(18)13(25)10(9-20-5-2-7-22-6-1-3-12(22)24)27-14(16)23-8-4-11(19)21-15(23)26;1-3-9(4-2)7-19-8-10-12(22)15(16,17)13(24-10)21-6-5-11(18)20-14(21)23;1-2-3-5-17-8-10-12(21)14(15,16)13(22-10)18-6-4-9(19)7-11(18)20;1-2-3-5-17-7-8-10(20)13(14,15)11(22-8)19-6-4-9(16)18-12(19)21;1-2-3-5-15-7-8-10(18)11(19)12(21-8)17-6-4-9(14)16-13(17)20;1-2-4-16-6-7-9(19)12(13,14)10(21-7)18-5-3-8(15)17-11(18)20/h4,8,10,13-14,20,25H,1-3,5-7,9H2,(H2,19,21,26);5-6,9-10,12-13,19,22H,3-4,7-8H2,1-2H3,(H2,18,20,23);4,6,10,12-13,17,21H,2-3,5,7-8H2,1H3;4,6,8,10-11,17,20H,2-3,5,7H2,1H3,(H2,16,18,21);4,6,8,10-12,15,18-19H,2-3,5,7H2,1H3,(H2,14,16,20);2-3,5,7,9-10,16,19H,1,4,6H2,(H2,15,17,20)/t10-,13-,14-;2*10-,12-,13-;8-,10-,11-;8-,10-,11+,12-;7-,9-,10-/m111111/s1. The van der Waals surface area contributed by atoms with Crippen molar-refractivity contribution < 1.29 is 122 Å². The number of likely N-dealkylation sites (tertiary alicyclic amines) is 1. The summed E-state index contributed by atoms with van der Waals surface area (Å²) in [5, 5.41) is 87.0. The second-order valence-corrected chi connectivity index (χ2v) is 33.3. The first kappa shape index (κ1) is 112. The quantitative estimate of drug-likeness (QED) is 0.00973. The van der Waals surface area contributed by atoms with Crippen molar-refractivity contribution in [1.82, 2.24) is 89.5 Å². The molecule has 44 nitrogen and oxygen atoms in total. The summed E-state index contributed by atoms with van der Waals surface area (Å²) < 4.78 is 178. The summed E-state index contributed by atoms with van der Waals surface area (Å²) in [4.78, 5) is 113. The number of nitrogens with two attached hydrogens (primary N) is 5. The van der Waals surface area contributed by atoms with Crippen LogP contribution >= 0.6 is 0 Å². The van der Waals surface area contributed by atoms with E-state index in [1.807, 2.05) is 13.8 Å². The fraction of sp³-hybridized carbons (Fsp3) is 0.675. The zero-order valence-electron chi connectivity index (χ0n) is 76.0. The van der Waals surface area contributed by atoms with Gasteiger partial charge in [-0.25, -0.2) is 24.0 Å². The molecular weight excluding hydrogens is 1850 g/mol. The van der Waals surface area contributed by atoms with E-state index in [0.717, 1.165) is 113 Å². The van der Waals surface area contributed by atoms with Gasteiger partial charge < -0.3 is 130 Å². The molecule has 8 aliphatic heterocycles. The largest absolute Gasteiger partial charge is 0.387 e. The van der Waals surface area contributed by atoms with Gasteiger partial charge in [0, 0.05) is 103 Å². The van der Waals surface area contributed by atoms with Crippen LogP contribution in [0.1, 0.15) is 143 Å². The van der Waals surface area contributed by atoms with E-state index in [4.69, 9.17) is 57.1 Å². The number of aliphatic hydroxyl groups excluding tert-OH is 7. The second-order valence-electron chi connectivity index (χ2n) is 33.3. The minimum atomic E-state index is -3.66. The Morgan fingerprint density at radius 3 is 1.05 bits per heavy atom. The van der Waals surface area contributed by atoms with Gasteiger partial charge in [-0.1, -0.05) is 72.8 Å². The van der Waals surface area contributed by atoms with Crippen molar-refractivity contribution >= 4 is 46.7 Å². The summed E-state index contributed by atoms with van der Waals surface area (Å²) in [6.45, 7) is 19.2. The second kappa shape index (κ2) is 51.3. The molecular formula is C83H125F10N23O21. The number of halogens is 10. The molecule has 0 unspecified atom stereocenters. The normalized spacial score (nSPS) is 28.0. The Labute approximate surface area is 778 Å². The number of aromatic nitrogens is 10. The number of ether oxygens (including phenoxy) is 6. The summed E-state index contributed by atoms with van der Waals surface area (Å²) in [6.07, 6.45) is -10.5. The number of aliphatic hydroxyl groups is 7. The van der Waals surface area contributed by atoms with Crippen LogP contribution < -0.4 is 89.0 Å². The van der Waals surface area contributed by atoms with Crippen molar-refractivity contribution in [2.45, 2.75) is 258 Å². The number of alkyl halides is 10. The van der Waals surface area contributed by atoms with E-state index in [-0.39, 0.29) is 67.7 Å². The van der Waals surface area contributed by atoms with Crippen LogP contribution in [0.25, 0.3) is 0 Å². The van der Waals surface area contributed by atoms with Crippen LogP contribution in [0.2, 0.25) is 0 Å². The van der Waals surface area contributed by atoms with Gasteiger partial charge in [0.05, 0.1) is 6.42 Å². The molecule has 54 heteroatoms. The molecule has 8 aliphatic rings. The number of nitrogens with zero attached hydrogens (tertiary/aromatic N) is 12. The topological polar surface area (TPSA) is 631 Å². The molecule has 5 aromatic rings. The van der Waals surface area contributed by atoms with Crippen LogP contribution in [0.5, 0.6) is 0 Å². The third-order valence-corrected chi connectivity index (χ3v) is 23.1. The van der Waals surface area contributed by atoms with E-state index in [9.17, 15) is 118 Å². The summed E-state index contributed by atoms with van der Waals surface area (Å²) in [5.41, 5.74) is 22.3. The highest BCUT2D eigenvalue weighted by molar-refractivity contribution is 6.06. The van der Waals surface area contributed by atoms with E-state index in [1.54, 1.807) is 11.0 Å². The molecule has 0 aliphatic carbocycles. The average molecular weight is 1970 g/mol. The van der Waals surface area contributed by atoms with Crippen molar-refractivity contribution in [2.24, 2.45) is 5.92 Å². The number of nitrogens with one attached hydrogen (secondary N) is 6. The lowest BCUT2D eigenvalue weighted by atomic mass is 10.0. The maximum atomic E-state index is 14.4. The first-order valence-corrected chi connectivity index (χ1v) is 44.7. The Morgan fingerprint density at radius 2 is 0.737 bits per heavy atom. The number of carbonyl (C=O) groups is 3.